The van der Waals surface area contributed by atoms with Crippen LogP contribution < -0.4 is 5.32 Å². The molecule has 0 saturated carbocycles. The summed E-state index contributed by atoms with van der Waals surface area (Å²) in [6.07, 6.45) is 0. The van der Waals surface area contributed by atoms with E-state index < -0.39 is 26.6 Å². The second-order valence-corrected chi connectivity index (χ2v) is 9.61. The Balaban J connectivity index is 1.49. The Hall–Kier alpha value is -2.37. The van der Waals surface area contributed by atoms with E-state index in [4.69, 9.17) is 9.47 Å². The van der Waals surface area contributed by atoms with Gasteiger partial charge in [-0.25, -0.2) is 12.8 Å². The molecular formula is C22H26FN3O5S. The highest BCUT2D eigenvalue weighted by molar-refractivity contribution is 7.89. The van der Waals surface area contributed by atoms with Crippen LogP contribution in [0.25, 0.3) is 0 Å². The van der Waals surface area contributed by atoms with Gasteiger partial charge in [-0.1, -0.05) is 12.1 Å². The van der Waals surface area contributed by atoms with Gasteiger partial charge >= 0.3 is 0 Å². The van der Waals surface area contributed by atoms with E-state index in [1.54, 1.807) is 12.1 Å². The number of benzene rings is 2. The van der Waals surface area contributed by atoms with Crippen LogP contribution in [0.1, 0.15) is 15.9 Å². The first-order valence-corrected chi connectivity index (χ1v) is 12.0. The number of rotatable bonds is 6. The summed E-state index contributed by atoms with van der Waals surface area (Å²) in [6, 6.07) is 10.8. The van der Waals surface area contributed by atoms with Crippen LogP contribution in [-0.4, -0.2) is 76.1 Å². The van der Waals surface area contributed by atoms with E-state index in [9.17, 15) is 17.6 Å². The zero-order valence-corrected chi connectivity index (χ0v) is 18.4. The third-order valence-electron chi connectivity index (χ3n) is 5.48. The van der Waals surface area contributed by atoms with Gasteiger partial charge in [-0.2, -0.15) is 4.31 Å². The molecule has 10 heteroatoms. The Labute approximate surface area is 187 Å². The number of anilines is 1. The largest absolute Gasteiger partial charge is 0.379 e. The highest BCUT2D eigenvalue weighted by Gasteiger charge is 2.29. The second kappa shape index (κ2) is 10.1. The third kappa shape index (κ3) is 5.33. The molecular weight excluding hydrogens is 437 g/mol. The smallest absolute Gasteiger partial charge is 0.255 e. The molecule has 2 aliphatic rings. The average molecular weight is 464 g/mol. The number of halogens is 1. The van der Waals surface area contributed by atoms with Crippen LogP contribution in [0, 0.1) is 5.82 Å². The van der Waals surface area contributed by atoms with Gasteiger partial charge in [-0.3, -0.25) is 9.69 Å². The van der Waals surface area contributed by atoms with Crippen molar-refractivity contribution in [2.24, 2.45) is 0 Å². The monoisotopic (exact) mass is 463 g/mol. The van der Waals surface area contributed by atoms with Crippen molar-refractivity contribution in [3.8, 4) is 0 Å². The van der Waals surface area contributed by atoms with Gasteiger partial charge in [0.15, 0.2) is 0 Å². The van der Waals surface area contributed by atoms with Crippen LogP contribution in [0.15, 0.2) is 47.4 Å². The maximum Gasteiger partial charge on any atom is 0.255 e. The van der Waals surface area contributed by atoms with Crippen LogP contribution in [-0.2, 0) is 26.0 Å². The molecule has 0 atom stereocenters. The Kier molecular flexibility index (Phi) is 7.17. The number of nitrogens with zero attached hydrogens (tertiary/aromatic N) is 2. The van der Waals surface area contributed by atoms with E-state index in [-0.39, 0.29) is 32.0 Å². The lowest BCUT2D eigenvalue weighted by Crippen LogP contribution is -2.40. The van der Waals surface area contributed by atoms with Gasteiger partial charge in [-0.15, -0.1) is 0 Å². The molecule has 1 amide bonds. The number of hydrogen-bond acceptors (Lipinski definition) is 6. The van der Waals surface area contributed by atoms with Crippen LogP contribution >= 0.6 is 0 Å². The minimum atomic E-state index is -4.03. The summed E-state index contributed by atoms with van der Waals surface area (Å²) in [5.74, 6) is -1.25. The Bertz CT molecular complexity index is 1070. The number of nitrogens with one attached hydrogen (secondary N) is 1. The first kappa shape index (κ1) is 22.8. The van der Waals surface area contributed by atoms with Gasteiger partial charge in [0.25, 0.3) is 5.91 Å². The molecule has 2 saturated heterocycles. The summed E-state index contributed by atoms with van der Waals surface area (Å²) in [4.78, 5) is 14.6. The molecule has 0 radical (unpaired) electrons. The number of hydrogen-bond donors (Lipinski definition) is 1. The number of sulfonamides is 1. The lowest BCUT2D eigenvalue weighted by Gasteiger charge is -2.26. The minimum Gasteiger partial charge on any atom is -0.379 e. The van der Waals surface area contributed by atoms with E-state index in [1.807, 2.05) is 12.1 Å². The second-order valence-electron chi connectivity index (χ2n) is 7.70. The molecule has 0 aliphatic carbocycles. The molecule has 2 aromatic carbocycles. The maximum absolute atomic E-state index is 14.4. The lowest BCUT2D eigenvalue weighted by atomic mass is 10.1. The fourth-order valence-corrected chi connectivity index (χ4v) is 5.23. The van der Waals surface area contributed by atoms with Crippen molar-refractivity contribution in [3.63, 3.8) is 0 Å². The molecule has 4 rings (SSSR count). The zero-order chi connectivity index (χ0) is 22.6. The number of ether oxygens (including phenoxy) is 2. The molecule has 8 nitrogen and oxygen atoms in total. The third-order valence-corrected chi connectivity index (χ3v) is 7.39. The highest BCUT2D eigenvalue weighted by Crippen LogP contribution is 2.24. The van der Waals surface area contributed by atoms with Crippen molar-refractivity contribution in [2.45, 2.75) is 11.4 Å². The molecule has 2 heterocycles. The zero-order valence-electron chi connectivity index (χ0n) is 17.6. The van der Waals surface area contributed by atoms with Gasteiger partial charge in [0.2, 0.25) is 10.0 Å². The van der Waals surface area contributed by atoms with Gasteiger partial charge in [-0.05, 0) is 35.9 Å². The number of carbonyl (C=O) groups is 1. The summed E-state index contributed by atoms with van der Waals surface area (Å²) < 4.78 is 51.8. The summed E-state index contributed by atoms with van der Waals surface area (Å²) in [5, 5.41) is 2.68. The SMILES string of the molecule is O=C(Nc1ccc(F)c(S(=O)(=O)N2CCOCC2)c1)c1cccc(CN2CCOCC2)c1. The van der Waals surface area contributed by atoms with Crippen molar-refractivity contribution >= 4 is 21.6 Å². The van der Waals surface area contributed by atoms with Crippen molar-refractivity contribution in [1.82, 2.24) is 9.21 Å². The Morgan fingerprint density at radius 1 is 0.969 bits per heavy atom. The molecule has 32 heavy (non-hydrogen) atoms. The fourth-order valence-electron chi connectivity index (χ4n) is 3.74. The normalized spacial score (nSPS) is 18.4. The Morgan fingerprint density at radius 3 is 2.38 bits per heavy atom. The quantitative estimate of drug-likeness (QED) is 0.705. The van der Waals surface area contributed by atoms with Crippen molar-refractivity contribution < 1.29 is 27.1 Å². The molecule has 0 aromatic heterocycles. The summed E-state index contributed by atoms with van der Waals surface area (Å²) >= 11 is 0. The van der Waals surface area contributed by atoms with Gasteiger partial charge < -0.3 is 14.8 Å². The summed E-state index contributed by atoms with van der Waals surface area (Å²) in [5.41, 5.74) is 1.65. The van der Waals surface area contributed by atoms with Crippen LogP contribution in [0.3, 0.4) is 0 Å². The predicted octanol–water partition coefficient (Wildman–Crippen LogP) is 1.93. The van der Waals surface area contributed by atoms with Crippen molar-refractivity contribution in [1.29, 1.82) is 0 Å². The molecule has 0 spiro atoms. The number of carbonyl (C=O) groups excluding carboxylic acids is 1. The lowest BCUT2D eigenvalue weighted by molar-refractivity contribution is 0.0342. The topological polar surface area (TPSA) is 88.2 Å². The number of morpholine rings is 2. The molecule has 0 bridgehead atoms. The highest BCUT2D eigenvalue weighted by atomic mass is 32.2. The van der Waals surface area contributed by atoms with Gasteiger partial charge in [0, 0.05) is 44.0 Å². The van der Waals surface area contributed by atoms with Crippen molar-refractivity contribution in [3.05, 3.63) is 59.4 Å². The molecule has 172 valence electrons. The maximum atomic E-state index is 14.4. The first-order valence-electron chi connectivity index (χ1n) is 10.5. The first-order chi connectivity index (χ1) is 15.4. The molecule has 2 aromatic rings. The Morgan fingerprint density at radius 2 is 1.66 bits per heavy atom. The minimum absolute atomic E-state index is 0.161. The van der Waals surface area contributed by atoms with Gasteiger partial charge in [0.1, 0.15) is 10.7 Å². The van der Waals surface area contributed by atoms with E-state index in [1.165, 1.54) is 10.4 Å². The van der Waals surface area contributed by atoms with Crippen LogP contribution in [0.2, 0.25) is 0 Å². The van der Waals surface area contributed by atoms with Crippen LogP contribution in [0.4, 0.5) is 10.1 Å². The molecule has 1 N–H and O–H groups in total. The molecule has 2 fully saturated rings. The van der Waals surface area contributed by atoms with E-state index >= 15 is 0 Å². The fraction of sp³-hybridized carbons (Fsp3) is 0.409. The summed E-state index contributed by atoms with van der Waals surface area (Å²) in [6.45, 7) is 4.63. The van der Waals surface area contributed by atoms with Crippen LogP contribution in [0.5, 0.6) is 0 Å². The number of amides is 1. The van der Waals surface area contributed by atoms with Crippen molar-refractivity contribution in [2.75, 3.05) is 57.9 Å². The standard InChI is InChI=1S/C22H26FN3O5S/c23-20-5-4-19(15-21(20)32(28,29)26-8-12-31-13-9-26)24-22(27)18-3-1-2-17(14-18)16-25-6-10-30-11-7-25/h1-5,14-15H,6-13,16H2,(H,24,27). The average Bonchev–Trinajstić information content (AvgIpc) is 2.81. The predicted molar refractivity (Wildman–Crippen MR) is 116 cm³/mol. The van der Waals surface area contributed by atoms with E-state index in [0.717, 1.165) is 30.8 Å². The van der Waals surface area contributed by atoms with E-state index in [0.29, 0.717) is 25.3 Å². The molecule has 0 unspecified atom stereocenters. The van der Waals surface area contributed by atoms with Gasteiger partial charge in [0.05, 0.1) is 26.4 Å². The summed E-state index contributed by atoms with van der Waals surface area (Å²) in [7, 11) is -4.03. The molecule has 2 aliphatic heterocycles. The van der Waals surface area contributed by atoms with E-state index in [2.05, 4.69) is 10.2 Å².